The van der Waals surface area contributed by atoms with Crippen LogP contribution in [0.1, 0.15) is 30.4 Å². The molecule has 0 amide bonds. The van der Waals surface area contributed by atoms with E-state index in [2.05, 4.69) is 24.5 Å². The number of likely N-dealkylation sites (tertiary alicyclic amines) is 1. The third-order valence-corrected chi connectivity index (χ3v) is 4.82. The fourth-order valence-electron chi connectivity index (χ4n) is 3.37. The van der Waals surface area contributed by atoms with Gasteiger partial charge in [0.05, 0.1) is 5.56 Å². The van der Waals surface area contributed by atoms with E-state index in [1.165, 1.54) is 45.6 Å². The van der Waals surface area contributed by atoms with E-state index in [-0.39, 0.29) is 12.3 Å². The molecule has 4 nitrogen and oxygen atoms in total. The van der Waals surface area contributed by atoms with Gasteiger partial charge in [-0.05, 0) is 67.7 Å². The number of benzene rings is 1. The summed E-state index contributed by atoms with van der Waals surface area (Å²) in [5.41, 5.74) is 1.11. The van der Waals surface area contributed by atoms with Crippen LogP contribution in [0.3, 0.4) is 0 Å². The Kier molecular flexibility index (Phi) is 12.7. The first-order valence-corrected chi connectivity index (χ1v) is 10.9. The fraction of sp³-hybridized carbons (Fsp3) is 0.421. The zero-order valence-corrected chi connectivity index (χ0v) is 18.5. The predicted molar refractivity (Wildman–Crippen MR) is 114 cm³/mol. The standard InChI is InChI=1S/C19H21F3N2O2.2ClH.2Li/c20-19(21,22)16-1-3-17(4-2-16)24-10-7-15(13-24)12-23-8-5-14(6-9-23)11-18(25)26;;;;/h1-4,7,10,13-14H,5-6,8-9,11-12H2,(H,25,26);2*1H;;/q;;;2*+1/p-2. The van der Waals surface area contributed by atoms with Crippen molar-refractivity contribution in [2.75, 3.05) is 13.1 Å². The molecule has 1 aromatic heterocycles. The van der Waals surface area contributed by atoms with Gasteiger partial charge in [0.1, 0.15) is 0 Å². The van der Waals surface area contributed by atoms with E-state index < -0.39 is 17.7 Å². The van der Waals surface area contributed by atoms with Crippen LogP contribution >= 0.6 is 19.6 Å². The molecule has 1 fully saturated rings. The van der Waals surface area contributed by atoms with E-state index in [9.17, 15) is 18.0 Å². The maximum atomic E-state index is 12.6. The van der Waals surface area contributed by atoms with Crippen LogP contribution in [-0.4, -0.2) is 67.1 Å². The minimum absolute atomic E-state index is 0.234. The summed E-state index contributed by atoms with van der Waals surface area (Å²) in [6, 6.07) is 7.06. The van der Waals surface area contributed by atoms with Crippen molar-refractivity contribution in [1.29, 1.82) is 0 Å². The van der Waals surface area contributed by atoms with Crippen LogP contribution in [-0.2, 0) is 17.5 Å². The van der Waals surface area contributed by atoms with E-state index in [1.807, 2.05) is 23.0 Å². The third-order valence-electron chi connectivity index (χ3n) is 4.82. The number of hydrogen-bond acceptors (Lipinski definition) is 2. The Morgan fingerprint density at radius 3 is 2.13 bits per heavy atom. The van der Waals surface area contributed by atoms with Gasteiger partial charge in [0.15, 0.2) is 0 Å². The Morgan fingerprint density at radius 1 is 1.07 bits per heavy atom. The second kappa shape index (κ2) is 13.8. The first kappa shape index (κ1) is 27.5. The number of piperidine rings is 1. The topological polar surface area (TPSA) is 45.5 Å². The zero-order chi connectivity index (χ0) is 22.7. The minimum atomic E-state index is -4.33. The first-order valence-electron chi connectivity index (χ1n) is 9.35. The summed E-state index contributed by atoms with van der Waals surface area (Å²) in [5, 5.41) is 8.86. The number of rotatable bonds is 5. The van der Waals surface area contributed by atoms with Gasteiger partial charge in [-0.25, -0.2) is 0 Å². The molecule has 30 heavy (non-hydrogen) atoms. The quantitative estimate of drug-likeness (QED) is 0.665. The normalized spacial score (nSPS) is 15.0. The van der Waals surface area contributed by atoms with Gasteiger partial charge in [-0.3, -0.25) is 9.69 Å². The monoisotopic (exact) mass is 450 g/mol. The summed E-state index contributed by atoms with van der Waals surface area (Å²) in [6.45, 7) is 2.49. The molecule has 0 spiro atoms. The number of hydrogen-bond donors (Lipinski definition) is 1. The molecule has 1 aliphatic rings. The number of alkyl halides is 3. The molecule has 0 unspecified atom stereocenters. The van der Waals surface area contributed by atoms with Gasteiger partial charge in [-0.2, -0.15) is 13.2 Å². The summed E-state index contributed by atoms with van der Waals surface area (Å²) < 4.78 is 39.7. The number of halogens is 5. The van der Waals surface area contributed by atoms with Gasteiger partial charge in [0.2, 0.25) is 0 Å². The second-order valence-corrected chi connectivity index (χ2v) is 6.79. The van der Waals surface area contributed by atoms with Crippen LogP contribution < -0.4 is 0 Å². The fourth-order valence-corrected chi connectivity index (χ4v) is 3.37. The van der Waals surface area contributed by atoms with Crippen molar-refractivity contribution < 1.29 is 23.1 Å². The van der Waals surface area contributed by atoms with Crippen LogP contribution in [0.25, 0.3) is 5.69 Å². The summed E-state index contributed by atoms with van der Waals surface area (Å²) >= 11 is 2.94. The van der Waals surface area contributed by atoms with Crippen LogP contribution in [0, 0.1) is 5.92 Å². The second-order valence-electron chi connectivity index (χ2n) is 6.79. The van der Waals surface area contributed by atoms with Crippen molar-refractivity contribution in [3.8, 4) is 5.69 Å². The molecular weight excluding hydrogens is 430 g/mol. The van der Waals surface area contributed by atoms with Gasteiger partial charge >= 0.3 is 65.2 Å². The molecule has 2 heterocycles. The average molecular weight is 451 g/mol. The Balaban J connectivity index is 0.00000106. The van der Waals surface area contributed by atoms with E-state index in [4.69, 9.17) is 5.11 Å². The van der Waals surface area contributed by atoms with Crippen LogP contribution in [0.4, 0.5) is 13.2 Å². The molecule has 0 radical (unpaired) electrons. The molecule has 2 aromatic rings. The van der Waals surface area contributed by atoms with Crippen molar-refractivity contribution in [2.45, 2.75) is 32.0 Å². The van der Waals surface area contributed by atoms with Crippen LogP contribution in [0.5, 0.6) is 0 Å². The summed E-state index contributed by atoms with van der Waals surface area (Å²) in [5.74, 6) is -0.488. The Hall–Kier alpha value is -0.505. The molecule has 1 aliphatic heterocycles. The summed E-state index contributed by atoms with van der Waals surface area (Å²) in [4.78, 5) is 13.1. The predicted octanol–water partition coefficient (Wildman–Crippen LogP) is 4.80. The number of aromatic nitrogens is 1. The molecule has 0 aliphatic carbocycles. The van der Waals surface area contributed by atoms with Crippen LogP contribution in [0.2, 0.25) is 0 Å². The SMILES string of the molecule is O=C(O)CC1CCN(Cc2ccn(-c3ccc(C(F)(F)F)cc3)c2)CC1.[Li][Cl].[Li][Cl]. The van der Waals surface area contributed by atoms with Gasteiger partial charge in [-0.15, -0.1) is 0 Å². The van der Waals surface area contributed by atoms with Gasteiger partial charge in [-0.1, -0.05) is 0 Å². The zero-order valence-electron chi connectivity index (χ0n) is 17.0. The molecule has 3 rings (SSSR count). The number of carbonyl (C=O) groups is 1. The van der Waals surface area contributed by atoms with Crippen molar-refractivity contribution in [3.63, 3.8) is 0 Å². The van der Waals surface area contributed by atoms with Crippen molar-refractivity contribution in [1.82, 2.24) is 9.47 Å². The maximum absolute atomic E-state index is 12.6. The van der Waals surface area contributed by atoms with Crippen molar-refractivity contribution in [3.05, 3.63) is 53.9 Å². The summed E-state index contributed by atoms with van der Waals surface area (Å²) in [7, 11) is 9.28. The molecule has 0 bridgehead atoms. The molecule has 1 saturated heterocycles. The molecule has 0 saturated carbocycles. The molecule has 0 atom stereocenters. The van der Waals surface area contributed by atoms with E-state index in [1.54, 1.807) is 0 Å². The molecule has 156 valence electrons. The Labute approximate surface area is 201 Å². The van der Waals surface area contributed by atoms with Gasteiger partial charge in [0.25, 0.3) is 0 Å². The Bertz CT molecular complexity index is 766. The van der Waals surface area contributed by atoms with Crippen molar-refractivity contribution in [2.24, 2.45) is 5.92 Å². The van der Waals surface area contributed by atoms with Crippen molar-refractivity contribution >= 4 is 59.1 Å². The van der Waals surface area contributed by atoms with Gasteiger partial charge < -0.3 is 9.67 Å². The van der Waals surface area contributed by atoms with Crippen LogP contribution in [0.15, 0.2) is 42.7 Å². The molecular formula is C19H21Cl2F3Li2N2O2. The molecule has 1 aromatic carbocycles. The number of aliphatic carboxylic acids is 1. The number of carboxylic acids is 1. The first-order chi connectivity index (χ1) is 14.3. The van der Waals surface area contributed by atoms with E-state index in [0.29, 0.717) is 5.69 Å². The molecule has 11 heteroatoms. The van der Waals surface area contributed by atoms with E-state index in [0.717, 1.165) is 50.2 Å². The number of carboxylic acid groups (broad SMARTS) is 1. The van der Waals surface area contributed by atoms with Gasteiger partial charge in [0, 0.05) is 31.0 Å². The summed E-state index contributed by atoms with van der Waals surface area (Å²) in [6.07, 6.45) is 1.43. The average Bonchev–Trinajstić information content (AvgIpc) is 3.20. The third kappa shape index (κ3) is 8.93. The number of nitrogens with zero attached hydrogens (tertiary/aromatic N) is 2. The molecule has 1 N–H and O–H groups in total. The van der Waals surface area contributed by atoms with E-state index >= 15 is 0 Å². The Morgan fingerprint density at radius 2 is 1.63 bits per heavy atom.